The number of hydroxylamine groups is 2. The Morgan fingerprint density at radius 3 is 2.20 bits per heavy atom. The lowest BCUT2D eigenvalue weighted by atomic mass is 10.9. The van der Waals surface area contributed by atoms with Gasteiger partial charge in [0.25, 0.3) is 0 Å². The van der Waals surface area contributed by atoms with Gasteiger partial charge in [-0.2, -0.15) is 0 Å². The maximum absolute atomic E-state index is 10.8. The van der Waals surface area contributed by atoms with Crippen LogP contribution in [0.3, 0.4) is 0 Å². The zero-order valence-electron chi connectivity index (χ0n) is 6.71. The molecule has 0 fully saturated rings. The Balaban J connectivity index is 3.62. The molecule has 0 aromatic heterocycles. The van der Waals surface area contributed by atoms with Gasteiger partial charge in [0.1, 0.15) is 0 Å². The predicted molar refractivity (Wildman–Crippen MR) is 37.0 cm³/mol. The monoisotopic (exact) mass is 147 g/mol. The molecule has 0 unspecified atom stereocenters. The van der Waals surface area contributed by atoms with E-state index in [9.17, 15) is 4.79 Å². The Morgan fingerprint density at radius 2 is 1.90 bits per heavy atom. The predicted octanol–water partition coefficient (Wildman–Crippen LogP) is -0.334. The molecular formula is C5H13N3O2. The SMILES string of the molecule is CON(C)C(=O)NN(C)C. The second-order valence-corrected chi connectivity index (χ2v) is 1.99. The molecule has 0 rings (SSSR count). The Bertz CT molecular complexity index is 115. The van der Waals surface area contributed by atoms with Gasteiger partial charge in [0.2, 0.25) is 0 Å². The van der Waals surface area contributed by atoms with Gasteiger partial charge in [-0.05, 0) is 0 Å². The highest BCUT2D eigenvalue weighted by atomic mass is 16.7. The van der Waals surface area contributed by atoms with Gasteiger partial charge in [0.15, 0.2) is 0 Å². The van der Waals surface area contributed by atoms with Crippen molar-refractivity contribution in [2.45, 2.75) is 0 Å². The molecule has 0 aromatic carbocycles. The molecule has 0 spiro atoms. The minimum atomic E-state index is -0.299. The number of nitrogens with zero attached hydrogens (tertiary/aromatic N) is 2. The summed E-state index contributed by atoms with van der Waals surface area (Å²) in [5, 5.41) is 2.64. The lowest BCUT2D eigenvalue weighted by molar-refractivity contribution is -0.0690. The average molecular weight is 147 g/mol. The first-order valence-corrected chi connectivity index (χ1v) is 2.83. The fourth-order valence-electron chi connectivity index (χ4n) is 0.345. The van der Waals surface area contributed by atoms with Gasteiger partial charge in [0.05, 0.1) is 7.11 Å². The van der Waals surface area contributed by atoms with Crippen molar-refractivity contribution in [3.63, 3.8) is 0 Å². The van der Waals surface area contributed by atoms with Crippen molar-refractivity contribution < 1.29 is 9.63 Å². The maximum Gasteiger partial charge on any atom is 0.355 e. The van der Waals surface area contributed by atoms with E-state index >= 15 is 0 Å². The van der Waals surface area contributed by atoms with Crippen LogP contribution in [-0.4, -0.2) is 44.4 Å². The zero-order chi connectivity index (χ0) is 8.15. The molecule has 5 heteroatoms. The van der Waals surface area contributed by atoms with Gasteiger partial charge in [-0.25, -0.2) is 14.9 Å². The first-order chi connectivity index (χ1) is 4.57. The summed E-state index contributed by atoms with van der Waals surface area (Å²) >= 11 is 0. The van der Waals surface area contributed by atoms with E-state index in [1.165, 1.54) is 19.2 Å². The third kappa shape index (κ3) is 3.26. The molecule has 10 heavy (non-hydrogen) atoms. The van der Waals surface area contributed by atoms with Crippen molar-refractivity contribution in [2.24, 2.45) is 0 Å². The zero-order valence-corrected chi connectivity index (χ0v) is 6.71. The molecule has 0 aliphatic heterocycles. The van der Waals surface area contributed by atoms with Gasteiger partial charge < -0.3 is 0 Å². The molecule has 1 N–H and O–H groups in total. The summed E-state index contributed by atoms with van der Waals surface area (Å²) in [6.45, 7) is 0. The van der Waals surface area contributed by atoms with Crippen LogP contribution in [0.15, 0.2) is 0 Å². The van der Waals surface area contributed by atoms with Gasteiger partial charge in [-0.1, -0.05) is 0 Å². The normalized spacial score (nSPS) is 9.70. The molecule has 0 aliphatic carbocycles. The third-order valence-electron chi connectivity index (χ3n) is 0.879. The van der Waals surface area contributed by atoms with Crippen molar-refractivity contribution in [3.8, 4) is 0 Å². The number of rotatable bonds is 2. The number of carbonyl (C=O) groups excluding carboxylic acids is 1. The van der Waals surface area contributed by atoms with Crippen molar-refractivity contribution in [3.05, 3.63) is 0 Å². The first kappa shape index (κ1) is 9.19. The van der Waals surface area contributed by atoms with Crippen LogP contribution in [0.2, 0.25) is 0 Å². The largest absolute Gasteiger partial charge is 0.355 e. The van der Waals surface area contributed by atoms with Crippen LogP contribution in [0.1, 0.15) is 0 Å². The summed E-state index contributed by atoms with van der Waals surface area (Å²) in [5.41, 5.74) is 2.49. The molecule has 0 bridgehead atoms. The smallest absolute Gasteiger partial charge is 0.273 e. The summed E-state index contributed by atoms with van der Waals surface area (Å²) in [6.07, 6.45) is 0. The Labute approximate surface area is 60.5 Å². The Morgan fingerprint density at radius 1 is 1.40 bits per heavy atom. The molecule has 0 aliphatic rings. The number of nitrogens with one attached hydrogen (secondary N) is 1. The van der Waals surface area contributed by atoms with E-state index in [2.05, 4.69) is 10.3 Å². The number of carbonyl (C=O) groups is 1. The number of hydrogen-bond donors (Lipinski definition) is 1. The van der Waals surface area contributed by atoms with E-state index in [0.29, 0.717) is 0 Å². The third-order valence-corrected chi connectivity index (χ3v) is 0.879. The number of amides is 2. The summed E-state index contributed by atoms with van der Waals surface area (Å²) in [7, 11) is 6.40. The minimum Gasteiger partial charge on any atom is -0.273 e. The molecule has 0 heterocycles. The molecule has 0 atom stereocenters. The van der Waals surface area contributed by atoms with E-state index in [-0.39, 0.29) is 6.03 Å². The van der Waals surface area contributed by atoms with Gasteiger partial charge in [-0.3, -0.25) is 10.3 Å². The highest BCUT2D eigenvalue weighted by Gasteiger charge is 2.05. The second-order valence-electron chi connectivity index (χ2n) is 1.99. The van der Waals surface area contributed by atoms with Crippen LogP contribution in [0.25, 0.3) is 0 Å². The van der Waals surface area contributed by atoms with Crippen LogP contribution in [0.4, 0.5) is 4.79 Å². The van der Waals surface area contributed by atoms with Crippen LogP contribution in [0.5, 0.6) is 0 Å². The molecule has 0 aromatic rings. The summed E-state index contributed by atoms with van der Waals surface area (Å²) in [5.74, 6) is 0. The fourth-order valence-corrected chi connectivity index (χ4v) is 0.345. The fraction of sp³-hybridized carbons (Fsp3) is 0.800. The standard InChI is InChI=1S/C5H13N3O2/c1-7(2)6-5(9)8(3)10-4/h1-4H3,(H,6,9). The number of urea groups is 1. The quantitative estimate of drug-likeness (QED) is 0.544. The van der Waals surface area contributed by atoms with Gasteiger partial charge >= 0.3 is 6.03 Å². The molecule has 5 nitrogen and oxygen atoms in total. The minimum absolute atomic E-state index is 0.299. The molecular weight excluding hydrogens is 134 g/mol. The van der Waals surface area contributed by atoms with Crippen molar-refractivity contribution in [1.29, 1.82) is 0 Å². The van der Waals surface area contributed by atoms with Crippen LogP contribution in [0, 0.1) is 0 Å². The first-order valence-electron chi connectivity index (χ1n) is 2.83. The van der Waals surface area contributed by atoms with E-state index in [1.807, 2.05) is 0 Å². The van der Waals surface area contributed by atoms with E-state index in [4.69, 9.17) is 0 Å². The molecule has 0 radical (unpaired) electrons. The summed E-state index contributed by atoms with van der Waals surface area (Å²) < 4.78 is 0. The molecule has 2 amide bonds. The summed E-state index contributed by atoms with van der Waals surface area (Å²) in [6, 6.07) is -0.299. The van der Waals surface area contributed by atoms with Crippen LogP contribution >= 0.6 is 0 Å². The second kappa shape index (κ2) is 4.08. The number of hydrazine groups is 1. The summed E-state index contributed by atoms with van der Waals surface area (Å²) in [4.78, 5) is 15.4. The topological polar surface area (TPSA) is 44.8 Å². The van der Waals surface area contributed by atoms with E-state index in [1.54, 1.807) is 14.1 Å². The lowest BCUT2D eigenvalue weighted by Crippen LogP contribution is -2.43. The van der Waals surface area contributed by atoms with Crippen molar-refractivity contribution in [1.82, 2.24) is 15.5 Å². The Kier molecular flexibility index (Phi) is 3.75. The lowest BCUT2D eigenvalue weighted by Gasteiger charge is -2.17. The van der Waals surface area contributed by atoms with Crippen molar-refractivity contribution >= 4 is 6.03 Å². The number of hydrogen-bond acceptors (Lipinski definition) is 3. The highest BCUT2D eigenvalue weighted by molar-refractivity contribution is 5.71. The molecule has 0 saturated heterocycles. The van der Waals surface area contributed by atoms with Crippen LogP contribution in [-0.2, 0) is 4.84 Å². The van der Waals surface area contributed by atoms with E-state index < -0.39 is 0 Å². The van der Waals surface area contributed by atoms with Gasteiger partial charge in [-0.15, -0.1) is 0 Å². The van der Waals surface area contributed by atoms with Crippen LogP contribution < -0.4 is 5.43 Å². The average Bonchev–Trinajstić information content (AvgIpc) is 1.85. The van der Waals surface area contributed by atoms with Gasteiger partial charge in [0, 0.05) is 21.1 Å². The molecule has 60 valence electrons. The van der Waals surface area contributed by atoms with Crippen molar-refractivity contribution in [2.75, 3.05) is 28.3 Å². The molecule has 0 saturated carbocycles. The highest BCUT2D eigenvalue weighted by Crippen LogP contribution is 1.82. The maximum atomic E-state index is 10.8. The Hall–Kier alpha value is -0.810. The van der Waals surface area contributed by atoms with E-state index in [0.717, 1.165) is 5.06 Å².